The van der Waals surface area contributed by atoms with Gasteiger partial charge in [-0.1, -0.05) is 28.9 Å². The highest BCUT2D eigenvalue weighted by molar-refractivity contribution is 6.30. The fraction of sp³-hybridized carbons (Fsp3) is 0.235. The Hall–Kier alpha value is -2.00. The maximum Gasteiger partial charge on any atom is 0.119 e. The SMILES string of the molecule is COc1ccc2c(c1)CC(Cc1ccc(Cl)cc1)C2=NO. The van der Waals surface area contributed by atoms with Crippen LogP contribution in [0.5, 0.6) is 5.75 Å². The van der Waals surface area contributed by atoms with Crippen molar-refractivity contribution < 1.29 is 9.94 Å². The zero-order chi connectivity index (χ0) is 14.8. The van der Waals surface area contributed by atoms with E-state index in [1.807, 2.05) is 42.5 Å². The maximum absolute atomic E-state index is 9.37. The van der Waals surface area contributed by atoms with Gasteiger partial charge in [-0.15, -0.1) is 0 Å². The average molecular weight is 302 g/mol. The number of halogens is 1. The highest BCUT2D eigenvalue weighted by Gasteiger charge is 2.29. The highest BCUT2D eigenvalue weighted by Crippen LogP contribution is 2.32. The van der Waals surface area contributed by atoms with E-state index >= 15 is 0 Å². The Labute approximate surface area is 128 Å². The Morgan fingerprint density at radius 2 is 2.00 bits per heavy atom. The molecule has 108 valence electrons. The van der Waals surface area contributed by atoms with Crippen LogP contribution in [0.25, 0.3) is 0 Å². The van der Waals surface area contributed by atoms with Crippen LogP contribution in [-0.4, -0.2) is 18.0 Å². The molecule has 2 aromatic carbocycles. The van der Waals surface area contributed by atoms with E-state index in [1.54, 1.807) is 7.11 Å². The summed E-state index contributed by atoms with van der Waals surface area (Å²) in [4.78, 5) is 0. The van der Waals surface area contributed by atoms with Crippen molar-refractivity contribution in [1.82, 2.24) is 0 Å². The second kappa shape index (κ2) is 5.78. The number of methoxy groups -OCH3 is 1. The molecule has 1 unspecified atom stereocenters. The van der Waals surface area contributed by atoms with Crippen LogP contribution >= 0.6 is 11.6 Å². The minimum Gasteiger partial charge on any atom is -0.497 e. The van der Waals surface area contributed by atoms with E-state index in [0.29, 0.717) is 0 Å². The van der Waals surface area contributed by atoms with E-state index in [-0.39, 0.29) is 5.92 Å². The van der Waals surface area contributed by atoms with E-state index in [9.17, 15) is 5.21 Å². The lowest BCUT2D eigenvalue weighted by molar-refractivity contribution is 0.316. The summed E-state index contributed by atoms with van der Waals surface area (Å²) >= 11 is 5.91. The molecular formula is C17H16ClNO2. The largest absolute Gasteiger partial charge is 0.497 e. The summed E-state index contributed by atoms with van der Waals surface area (Å²) in [6.07, 6.45) is 1.68. The topological polar surface area (TPSA) is 41.8 Å². The van der Waals surface area contributed by atoms with E-state index in [4.69, 9.17) is 16.3 Å². The second-order valence-electron chi connectivity index (χ2n) is 5.24. The zero-order valence-corrected chi connectivity index (χ0v) is 12.5. The van der Waals surface area contributed by atoms with Crippen molar-refractivity contribution in [3.8, 4) is 5.75 Å². The van der Waals surface area contributed by atoms with Crippen LogP contribution in [0.3, 0.4) is 0 Å². The first-order chi connectivity index (χ1) is 10.2. The number of benzene rings is 2. The first kappa shape index (κ1) is 14.0. The van der Waals surface area contributed by atoms with Crippen LogP contribution in [0.4, 0.5) is 0 Å². The number of oxime groups is 1. The van der Waals surface area contributed by atoms with Gasteiger partial charge in [-0.2, -0.15) is 0 Å². The van der Waals surface area contributed by atoms with Gasteiger partial charge in [-0.3, -0.25) is 0 Å². The van der Waals surface area contributed by atoms with Crippen molar-refractivity contribution in [1.29, 1.82) is 0 Å². The number of ether oxygens (including phenoxy) is 1. The first-order valence-electron chi connectivity index (χ1n) is 6.85. The Morgan fingerprint density at radius 3 is 2.67 bits per heavy atom. The fourth-order valence-electron chi connectivity index (χ4n) is 2.91. The van der Waals surface area contributed by atoms with Crippen molar-refractivity contribution in [2.75, 3.05) is 7.11 Å². The molecule has 4 heteroatoms. The van der Waals surface area contributed by atoms with Gasteiger partial charge in [-0.05, 0) is 54.3 Å². The molecule has 0 saturated heterocycles. The van der Waals surface area contributed by atoms with Crippen LogP contribution < -0.4 is 4.74 Å². The molecule has 0 aromatic heterocycles. The molecule has 2 aromatic rings. The summed E-state index contributed by atoms with van der Waals surface area (Å²) in [5.41, 5.74) is 4.12. The molecule has 1 N–H and O–H groups in total. The van der Waals surface area contributed by atoms with Gasteiger partial charge in [0.25, 0.3) is 0 Å². The van der Waals surface area contributed by atoms with E-state index in [0.717, 1.165) is 34.9 Å². The van der Waals surface area contributed by atoms with Gasteiger partial charge in [0.05, 0.1) is 12.8 Å². The third kappa shape index (κ3) is 2.74. The molecule has 0 spiro atoms. The molecule has 3 nitrogen and oxygen atoms in total. The summed E-state index contributed by atoms with van der Waals surface area (Å²) < 4.78 is 5.26. The van der Waals surface area contributed by atoms with E-state index in [2.05, 4.69) is 5.16 Å². The lowest BCUT2D eigenvalue weighted by Crippen LogP contribution is -2.13. The lowest BCUT2D eigenvalue weighted by Gasteiger charge is -2.10. The number of rotatable bonds is 3. The van der Waals surface area contributed by atoms with Gasteiger partial charge < -0.3 is 9.94 Å². The van der Waals surface area contributed by atoms with Crippen molar-refractivity contribution >= 4 is 17.3 Å². The molecule has 0 aliphatic heterocycles. The van der Waals surface area contributed by atoms with Crippen LogP contribution in [0.15, 0.2) is 47.6 Å². The minimum absolute atomic E-state index is 0.179. The van der Waals surface area contributed by atoms with Crippen LogP contribution in [0.1, 0.15) is 16.7 Å². The summed E-state index contributed by atoms with van der Waals surface area (Å²) in [5.74, 6) is 1.01. The van der Waals surface area contributed by atoms with Gasteiger partial charge in [0.15, 0.2) is 0 Å². The first-order valence-corrected chi connectivity index (χ1v) is 7.22. The number of hydrogen-bond donors (Lipinski definition) is 1. The predicted octanol–water partition coefficient (Wildman–Crippen LogP) is 3.94. The predicted molar refractivity (Wildman–Crippen MR) is 83.7 cm³/mol. The van der Waals surface area contributed by atoms with Gasteiger partial charge in [0, 0.05) is 16.5 Å². The molecular weight excluding hydrogens is 286 g/mol. The standard InChI is InChI=1S/C17H16ClNO2/c1-21-15-6-7-16-12(10-15)9-13(17(16)19-20)8-11-2-4-14(18)5-3-11/h2-7,10,13,20H,8-9H2,1H3. The Balaban J connectivity index is 1.86. The Kier molecular flexibility index (Phi) is 3.84. The summed E-state index contributed by atoms with van der Waals surface area (Å²) in [6.45, 7) is 0. The molecule has 3 rings (SSSR count). The van der Waals surface area contributed by atoms with E-state index in [1.165, 1.54) is 11.1 Å². The fourth-order valence-corrected chi connectivity index (χ4v) is 3.03. The van der Waals surface area contributed by atoms with Gasteiger partial charge in [0.2, 0.25) is 0 Å². The molecule has 0 fully saturated rings. The van der Waals surface area contributed by atoms with Crippen molar-refractivity contribution in [2.45, 2.75) is 12.8 Å². The minimum atomic E-state index is 0.179. The van der Waals surface area contributed by atoms with Crippen molar-refractivity contribution in [3.05, 3.63) is 64.2 Å². The molecule has 0 bridgehead atoms. The van der Waals surface area contributed by atoms with Crippen LogP contribution in [0.2, 0.25) is 5.02 Å². The quantitative estimate of drug-likeness (QED) is 0.689. The van der Waals surface area contributed by atoms with E-state index < -0.39 is 0 Å². The number of fused-ring (bicyclic) bond motifs is 1. The molecule has 1 atom stereocenters. The highest BCUT2D eigenvalue weighted by atomic mass is 35.5. The molecule has 0 heterocycles. The smallest absolute Gasteiger partial charge is 0.119 e. The van der Waals surface area contributed by atoms with Crippen LogP contribution in [-0.2, 0) is 12.8 Å². The summed E-state index contributed by atoms with van der Waals surface area (Å²) in [7, 11) is 1.66. The third-order valence-electron chi connectivity index (χ3n) is 3.94. The molecule has 1 aliphatic rings. The third-order valence-corrected chi connectivity index (χ3v) is 4.20. The molecule has 0 radical (unpaired) electrons. The monoisotopic (exact) mass is 301 g/mol. The molecule has 0 amide bonds. The summed E-state index contributed by atoms with van der Waals surface area (Å²) in [5, 5.41) is 13.6. The second-order valence-corrected chi connectivity index (χ2v) is 5.68. The normalized spacial score (nSPS) is 18.8. The van der Waals surface area contributed by atoms with Gasteiger partial charge in [-0.25, -0.2) is 0 Å². The Bertz CT molecular complexity index is 680. The van der Waals surface area contributed by atoms with Gasteiger partial charge in [0.1, 0.15) is 5.75 Å². The van der Waals surface area contributed by atoms with Crippen LogP contribution in [0, 0.1) is 5.92 Å². The zero-order valence-electron chi connectivity index (χ0n) is 11.7. The molecule has 21 heavy (non-hydrogen) atoms. The summed E-state index contributed by atoms with van der Waals surface area (Å²) in [6, 6.07) is 13.7. The van der Waals surface area contributed by atoms with Gasteiger partial charge >= 0.3 is 0 Å². The number of hydrogen-bond acceptors (Lipinski definition) is 3. The Morgan fingerprint density at radius 1 is 1.24 bits per heavy atom. The average Bonchev–Trinajstić information content (AvgIpc) is 2.85. The molecule has 1 aliphatic carbocycles. The maximum atomic E-state index is 9.37. The van der Waals surface area contributed by atoms with Crippen molar-refractivity contribution in [2.24, 2.45) is 11.1 Å². The number of nitrogens with zero attached hydrogens (tertiary/aromatic N) is 1. The van der Waals surface area contributed by atoms with Crippen molar-refractivity contribution in [3.63, 3.8) is 0 Å². The molecule has 0 saturated carbocycles. The lowest BCUT2D eigenvalue weighted by atomic mass is 9.95.